The summed E-state index contributed by atoms with van der Waals surface area (Å²) in [5.41, 5.74) is 0.932. The van der Waals surface area contributed by atoms with Crippen LogP contribution >= 0.6 is 0 Å². The molecule has 0 aliphatic carbocycles. The Bertz CT molecular complexity index is 489. The predicted octanol–water partition coefficient (Wildman–Crippen LogP) is 3.09. The fraction of sp³-hybridized carbons (Fsp3) is 0.333. The molecule has 0 bridgehead atoms. The van der Waals surface area contributed by atoms with Gasteiger partial charge in [-0.1, -0.05) is 0 Å². The minimum Gasteiger partial charge on any atom is -0.483 e. The van der Waals surface area contributed by atoms with Crippen LogP contribution in [0, 0.1) is 17.0 Å². The number of fused-ring (bicyclic) bond motifs is 1. The molecule has 2 rings (SSSR count). The van der Waals surface area contributed by atoms with E-state index >= 15 is 0 Å². The van der Waals surface area contributed by atoms with Crippen molar-refractivity contribution in [1.82, 2.24) is 0 Å². The molecular weight excluding hydrogens is 206 g/mol. The van der Waals surface area contributed by atoms with Gasteiger partial charge in [0, 0.05) is 5.56 Å². The van der Waals surface area contributed by atoms with Gasteiger partial charge in [0.25, 0.3) is 5.69 Å². The van der Waals surface area contributed by atoms with E-state index in [1.54, 1.807) is 25.1 Å². The Morgan fingerprint density at radius 3 is 2.69 bits per heavy atom. The highest BCUT2D eigenvalue weighted by atomic mass is 16.6. The Morgan fingerprint density at radius 2 is 2.06 bits per heavy atom. The normalized spacial score (nSPS) is 16.4. The summed E-state index contributed by atoms with van der Waals surface area (Å²) in [6.07, 6.45) is 3.60. The van der Waals surface area contributed by atoms with E-state index in [9.17, 15) is 10.1 Å². The molecule has 1 aromatic rings. The van der Waals surface area contributed by atoms with Crippen molar-refractivity contribution in [3.8, 4) is 5.75 Å². The maximum absolute atomic E-state index is 11.0. The highest BCUT2D eigenvalue weighted by molar-refractivity contribution is 5.71. The highest BCUT2D eigenvalue weighted by Gasteiger charge is 2.27. The molecule has 1 aliphatic rings. The molecule has 0 fully saturated rings. The molecule has 84 valence electrons. The maximum atomic E-state index is 11.0. The first-order valence-corrected chi connectivity index (χ1v) is 5.07. The first kappa shape index (κ1) is 10.7. The lowest BCUT2D eigenvalue weighted by Crippen LogP contribution is -2.27. The van der Waals surface area contributed by atoms with Crippen molar-refractivity contribution < 1.29 is 9.66 Å². The molecule has 0 unspecified atom stereocenters. The van der Waals surface area contributed by atoms with Crippen LogP contribution in [0.25, 0.3) is 6.08 Å². The fourth-order valence-electron chi connectivity index (χ4n) is 1.79. The number of benzene rings is 1. The third kappa shape index (κ3) is 1.66. The van der Waals surface area contributed by atoms with Crippen LogP contribution in [0.5, 0.6) is 5.75 Å². The first-order valence-electron chi connectivity index (χ1n) is 5.07. The van der Waals surface area contributed by atoms with E-state index in [2.05, 4.69) is 0 Å². The number of hydrogen-bond donors (Lipinski definition) is 0. The van der Waals surface area contributed by atoms with Crippen molar-refractivity contribution in [3.63, 3.8) is 0 Å². The van der Waals surface area contributed by atoms with Gasteiger partial charge >= 0.3 is 0 Å². The van der Waals surface area contributed by atoms with Gasteiger partial charge in [-0.3, -0.25) is 10.1 Å². The lowest BCUT2D eigenvalue weighted by molar-refractivity contribution is -0.385. The van der Waals surface area contributed by atoms with Gasteiger partial charge in [0.2, 0.25) is 0 Å². The van der Waals surface area contributed by atoms with E-state index in [4.69, 9.17) is 4.74 Å². The molecule has 0 spiro atoms. The van der Waals surface area contributed by atoms with Crippen LogP contribution < -0.4 is 4.74 Å². The largest absolute Gasteiger partial charge is 0.483 e. The van der Waals surface area contributed by atoms with Gasteiger partial charge in [-0.15, -0.1) is 0 Å². The Balaban J connectivity index is 2.63. The molecule has 4 nitrogen and oxygen atoms in total. The molecule has 0 aromatic heterocycles. The van der Waals surface area contributed by atoms with E-state index in [0.29, 0.717) is 16.9 Å². The second-order valence-electron chi connectivity index (χ2n) is 4.44. The fourth-order valence-corrected chi connectivity index (χ4v) is 1.79. The molecule has 16 heavy (non-hydrogen) atoms. The van der Waals surface area contributed by atoms with Gasteiger partial charge in [0.15, 0.2) is 0 Å². The monoisotopic (exact) mass is 219 g/mol. The predicted molar refractivity (Wildman–Crippen MR) is 61.6 cm³/mol. The minimum absolute atomic E-state index is 0.129. The van der Waals surface area contributed by atoms with E-state index in [1.807, 2.05) is 19.9 Å². The van der Waals surface area contributed by atoms with Crippen LogP contribution in [0.1, 0.15) is 25.0 Å². The van der Waals surface area contributed by atoms with Crippen molar-refractivity contribution >= 4 is 11.8 Å². The molecule has 0 saturated heterocycles. The van der Waals surface area contributed by atoms with Crippen LogP contribution in [0.15, 0.2) is 18.2 Å². The Kier molecular flexibility index (Phi) is 2.22. The third-order valence-electron chi connectivity index (χ3n) is 2.59. The molecule has 4 heteroatoms. The lowest BCUT2D eigenvalue weighted by Gasteiger charge is -2.27. The molecule has 1 heterocycles. The van der Waals surface area contributed by atoms with E-state index in [1.165, 1.54) is 0 Å². The number of nitro benzene ring substituents is 1. The summed E-state index contributed by atoms with van der Waals surface area (Å²) in [6, 6.07) is 3.50. The summed E-state index contributed by atoms with van der Waals surface area (Å²) in [7, 11) is 0. The van der Waals surface area contributed by atoms with Crippen molar-refractivity contribution in [2.24, 2.45) is 0 Å². The van der Waals surface area contributed by atoms with Gasteiger partial charge in [-0.2, -0.15) is 0 Å². The van der Waals surface area contributed by atoms with Gasteiger partial charge in [-0.25, -0.2) is 0 Å². The lowest BCUT2D eigenvalue weighted by atomic mass is 9.99. The number of aryl methyl sites for hydroxylation is 1. The Labute approximate surface area is 93.7 Å². The zero-order chi connectivity index (χ0) is 11.9. The molecule has 1 aromatic carbocycles. The van der Waals surface area contributed by atoms with Gasteiger partial charge in [0.05, 0.1) is 10.5 Å². The summed E-state index contributed by atoms with van der Waals surface area (Å²) in [5.74, 6) is 0.574. The zero-order valence-electron chi connectivity index (χ0n) is 9.48. The summed E-state index contributed by atoms with van der Waals surface area (Å²) < 4.78 is 5.67. The molecule has 0 saturated carbocycles. The molecule has 0 N–H and O–H groups in total. The topological polar surface area (TPSA) is 52.4 Å². The van der Waals surface area contributed by atoms with E-state index in [-0.39, 0.29) is 10.6 Å². The van der Waals surface area contributed by atoms with Gasteiger partial charge < -0.3 is 4.74 Å². The summed E-state index contributed by atoms with van der Waals surface area (Å²) in [6.45, 7) is 5.56. The Morgan fingerprint density at radius 1 is 1.38 bits per heavy atom. The van der Waals surface area contributed by atoms with Crippen molar-refractivity contribution in [1.29, 1.82) is 0 Å². The summed E-state index contributed by atoms with van der Waals surface area (Å²) in [4.78, 5) is 10.6. The van der Waals surface area contributed by atoms with Crippen molar-refractivity contribution in [2.45, 2.75) is 26.4 Å². The first-order chi connectivity index (χ1) is 7.41. The second-order valence-corrected chi connectivity index (χ2v) is 4.44. The van der Waals surface area contributed by atoms with Crippen LogP contribution in [0.4, 0.5) is 5.69 Å². The average molecular weight is 219 g/mol. The van der Waals surface area contributed by atoms with Crippen molar-refractivity contribution in [3.05, 3.63) is 39.4 Å². The number of rotatable bonds is 1. The van der Waals surface area contributed by atoms with Crippen LogP contribution in [-0.4, -0.2) is 10.5 Å². The molecule has 1 aliphatic heterocycles. The maximum Gasteiger partial charge on any atom is 0.283 e. The van der Waals surface area contributed by atoms with Gasteiger partial charge in [-0.05, 0) is 45.1 Å². The zero-order valence-corrected chi connectivity index (χ0v) is 9.48. The Hall–Kier alpha value is -1.84. The SMILES string of the molecule is Cc1ccc2c(c1[N+](=O)[O-])C=CC(C)(C)O2. The van der Waals surface area contributed by atoms with Crippen LogP contribution in [-0.2, 0) is 0 Å². The molecular formula is C12H13NO3. The highest BCUT2D eigenvalue weighted by Crippen LogP contribution is 2.38. The minimum atomic E-state index is -0.407. The average Bonchev–Trinajstić information content (AvgIpc) is 2.16. The second kappa shape index (κ2) is 3.33. The van der Waals surface area contributed by atoms with E-state index in [0.717, 1.165) is 0 Å². The van der Waals surface area contributed by atoms with Crippen molar-refractivity contribution in [2.75, 3.05) is 0 Å². The number of nitrogens with zero attached hydrogens (tertiary/aromatic N) is 1. The standard InChI is InChI=1S/C12H13NO3/c1-8-4-5-10-9(11(8)13(14)15)6-7-12(2,3)16-10/h4-7H,1-3H3. The number of nitro groups is 1. The van der Waals surface area contributed by atoms with E-state index < -0.39 is 5.60 Å². The molecule has 0 radical (unpaired) electrons. The van der Waals surface area contributed by atoms with Crippen LogP contribution in [0.2, 0.25) is 0 Å². The quantitative estimate of drug-likeness (QED) is 0.538. The van der Waals surface area contributed by atoms with Gasteiger partial charge in [0.1, 0.15) is 11.4 Å². The third-order valence-corrected chi connectivity index (χ3v) is 2.59. The van der Waals surface area contributed by atoms with Crippen LogP contribution in [0.3, 0.4) is 0 Å². The summed E-state index contributed by atoms with van der Waals surface area (Å²) >= 11 is 0. The smallest absolute Gasteiger partial charge is 0.283 e. The molecule has 0 atom stereocenters. The number of hydrogen-bond acceptors (Lipinski definition) is 3. The summed E-state index contributed by atoms with van der Waals surface area (Å²) in [5, 5.41) is 11.0. The number of ether oxygens (including phenoxy) is 1. The molecule has 0 amide bonds.